The molecule has 0 saturated carbocycles. The zero-order chi connectivity index (χ0) is 13.0. The fourth-order valence-electron chi connectivity index (χ4n) is 1.64. The fourth-order valence-corrected chi connectivity index (χ4v) is 2.22. The molecule has 0 unspecified atom stereocenters. The molecule has 0 fully saturated rings. The average molecular weight is 272 g/mol. The van der Waals surface area contributed by atoms with Crippen LogP contribution in [0.3, 0.4) is 0 Å². The molecule has 0 spiro atoms. The van der Waals surface area contributed by atoms with Crippen molar-refractivity contribution in [3.8, 4) is 0 Å². The Balaban J connectivity index is 2.99. The van der Waals surface area contributed by atoms with Crippen LogP contribution in [0.2, 0.25) is 0 Å². The van der Waals surface area contributed by atoms with Crippen molar-refractivity contribution in [1.82, 2.24) is 0 Å². The molecule has 104 valence electrons. The van der Waals surface area contributed by atoms with Crippen molar-refractivity contribution in [2.45, 2.75) is 63.3 Å². The maximum atomic E-state index is 11.8. The summed E-state index contributed by atoms with van der Waals surface area (Å²) in [5.74, 6) is 0.194. The molecule has 0 aromatic heterocycles. The Bertz CT molecular complexity index is 162. The predicted octanol–water partition coefficient (Wildman–Crippen LogP) is 4.74. The van der Waals surface area contributed by atoms with Gasteiger partial charge in [0.1, 0.15) is 0 Å². The molecule has 17 heavy (non-hydrogen) atoms. The number of rotatable bonds is 11. The molecule has 0 aromatic rings. The van der Waals surface area contributed by atoms with Crippen molar-refractivity contribution in [3.63, 3.8) is 0 Å². The lowest BCUT2D eigenvalue weighted by Gasteiger charge is -2.05. The first-order valence-corrected chi connectivity index (χ1v) is 7.36. The minimum Gasteiger partial charge on any atom is -0.396 e. The molecule has 0 aromatic carbocycles. The van der Waals surface area contributed by atoms with Crippen molar-refractivity contribution in [3.05, 3.63) is 0 Å². The van der Waals surface area contributed by atoms with Crippen molar-refractivity contribution in [2.75, 3.05) is 12.4 Å². The summed E-state index contributed by atoms with van der Waals surface area (Å²) in [6, 6.07) is 0. The minimum atomic E-state index is -4.06. The van der Waals surface area contributed by atoms with Crippen LogP contribution < -0.4 is 0 Å². The summed E-state index contributed by atoms with van der Waals surface area (Å²) in [6.07, 6.45) is 9.19. The molecule has 0 amide bonds. The van der Waals surface area contributed by atoms with Gasteiger partial charge in [0, 0.05) is 12.4 Å². The van der Waals surface area contributed by atoms with Crippen LogP contribution in [0.25, 0.3) is 0 Å². The average Bonchev–Trinajstić information content (AvgIpc) is 2.24. The molecule has 1 nitrogen and oxygen atoms in total. The number of hydrogen-bond donors (Lipinski definition) is 1. The molecule has 0 atom stereocenters. The maximum Gasteiger partial charge on any atom is 0.441 e. The van der Waals surface area contributed by atoms with Crippen LogP contribution in [-0.2, 0) is 0 Å². The molecule has 1 N–H and O–H groups in total. The maximum absolute atomic E-state index is 11.8. The van der Waals surface area contributed by atoms with E-state index in [2.05, 4.69) is 0 Å². The monoisotopic (exact) mass is 272 g/mol. The molecule has 0 bridgehead atoms. The lowest BCUT2D eigenvalue weighted by atomic mass is 10.1. The van der Waals surface area contributed by atoms with E-state index in [1.807, 2.05) is 0 Å². The Kier molecular flexibility index (Phi) is 11.3. The van der Waals surface area contributed by atoms with E-state index < -0.39 is 5.51 Å². The third kappa shape index (κ3) is 16.1. The number of aliphatic hydroxyl groups is 1. The van der Waals surface area contributed by atoms with Gasteiger partial charge in [0.05, 0.1) is 0 Å². The first kappa shape index (κ1) is 17.1. The standard InChI is InChI=1S/C12H23F3OS/c13-12(14,15)17-11-9-7-5-3-1-2-4-6-8-10-16/h16H,1-11H2. The molecule has 5 heteroatoms. The van der Waals surface area contributed by atoms with Crippen molar-refractivity contribution < 1.29 is 18.3 Å². The second-order valence-corrected chi connectivity index (χ2v) is 5.36. The zero-order valence-electron chi connectivity index (χ0n) is 10.3. The second kappa shape index (κ2) is 11.2. The molecular weight excluding hydrogens is 249 g/mol. The fraction of sp³-hybridized carbons (Fsp3) is 1.00. The molecule has 0 rings (SSSR count). The normalized spacial score (nSPS) is 12.0. The summed E-state index contributed by atoms with van der Waals surface area (Å²) in [6.45, 7) is 0.275. The van der Waals surface area contributed by atoms with Crippen LogP contribution >= 0.6 is 11.8 Å². The van der Waals surface area contributed by atoms with Gasteiger partial charge in [-0.3, -0.25) is 0 Å². The number of unbranched alkanes of at least 4 members (excludes halogenated alkanes) is 8. The molecule has 0 aliphatic carbocycles. The van der Waals surface area contributed by atoms with E-state index in [1.165, 1.54) is 6.42 Å². The molecule has 0 saturated heterocycles. The van der Waals surface area contributed by atoms with E-state index >= 15 is 0 Å². The first-order chi connectivity index (χ1) is 8.06. The van der Waals surface area contributed by atoms with Gasteiger partial charge in [0.2, 0.25) is 0 Å². The Morgan fingerprint density at radius 1 is 0.706 bits per heavy atom. The van der Waals surface area contributed by atoms with E-state index in [0.717, 1.165) is 44.9 Å². The van der Waals surface area contributed by atoms with Crippen LogP contribution in [-0.4, -0.2) is 23.0 Å². The minimum absolute atomic E-state index is 0.0873. The summed E-state index contributed by atoms with van der Waals surface area (Å²) >= 11 is 0.0873. The van der Waals surface area contributed by atoms with Crippen molar-refractivity contribution in [1.29, 1.82) is 0 Å². The zero-order valence-corrected chi connectivity index (χ0v) is 11.1. The van der Waals surface area contributed by atoms with Gasteiger partial charge in [0.25, 0.3) is 0 Å². The molecule has 0 heterocycles. The number of aliphatic hydroxyl groups excluding tert-OH is 1. The van der Waals surface area contributed by atoms with Crippen LogP contribution in [0.4, 0.5) is 13.2 Å². The Morgan fingerprint density at radius 3 is 1.53 bits per heavy atom. The first-order valence-electron chi connectivity index (χ1n) is 6.38. The lowest BCUT2D eigenvalue weighted by molar-refractivity contribution is -0.0328. The van der Waals surface area contributed by atoms with Gasteiger partial charge in [-0.05, 0) is 12.8 Å². The van der Waals surface area contributed by atoms with Gasteiger partial charge in [-0.2, -0.15) is 13.2 Å². The molecular formula is C12H23F3OS. The van der Waals surface area contributed by atoms with Gasteiger partial charge in [0.15, 0.2) is 0 Å². The molecule has 0 aliphatic rings. The molecule has 0 radical (unpaired) electrons. The van der Waals surface area contributed by atoms with E-state index in [0.29, 0.717) is 6.42 Å². The van der Waals surface area contributed by atoms with Gasteiger partial charge < -0.3 is 5.11 Å². The Labute approximate surface area is 106 Å². The summed E-state index contributed by atoms with van der Waals surface area (Å²) in [5.41, 5.74) is -4.06. The SMILES string of the molecule is OCCCCCCCCCCCSC(F)(F)F. The van der Waals surface area contributed by atoms with E-state index in [-0.39, 0.29) is 24.1 Å². The van der Waals surface area contributed by atoms with E-state index in [4.69, 9.17) is 5.11 Å². The summed E-state index contributed by atoms with van der Waals surface area (Å²) in [7, 11) is 0. The molecule has 0 aliphatic heterocycles. The van der Waals surface area contributed by atoms with Crippen molar-refractivity contribution in [2.24, 2.45) is 0 Å². The van der Waals surface area contributed by atoms with E-state index in [1.54, 1.807) is 0 Å². The topological polar surface area (TPSA) is 20.2 Å². The largest absolute Gasteiger partial charge is 0.441 e. The summed E-state index contributed by atoms with van der Waals surface area (Å²) < 4.78 is 35.3. The number of hydrogen-bond acceptors (Lipinski definition) is 2. The van der Waals surface area contributed by atoms with Crippen LogP contribution in [0.1, 0.15) is 57.8 Å². The smallest absolute Gasteiger partial charge is 0.396 e. The Morgan fingerprint density at radius 2 is 1.12 bits per heavy atom. The van der Waals surface area contributed by atoms with Gasteiger partial charge in [-0.15, -0.1) is 0 Å². The third-order valence-corrected chi connectivity index (χ3v) is 3.39. The van der Waals surface area contributed by atoms with Crippen LogP contribution in [0.15, 0.2) is 0 Å². The van der Waals surface area contributed by atoms with E-state index in [9.17, 15) is 13.2 Å². The lowest BCUT2D eigenvalue weighted by Crippen LogP contribution is -2.01. The van der Waals surface area contributed by atoms with Gasteiger partial charge in [-0.1, -0.05) is 56.7 Å². The van der Waals surface area contributed by atoms with Crippen LogP contribution in [0.5, 0.6) is 0 Å². The highest BCUT2D eigenvalue weighted by Crippen LogP contribution is 2.30. The highest BCUT2D eigenvalue weighted by molar-refractivity contribution is 8.00. The quantitative estimate of drug-likeness (QED) is 0.548. The highest BCUT2D eigenvalue weighted by atomic mass is 32.2. The van der Waals surface area contributed by atoms with Gasteiger partial charge >= 0.3 is 5.51 Å². The van der Waals surface area contributed by atoms with Gasteiger partial charge in [-0.25, -0.2) is 0 Å². The summed E-state index contributed by atoms with van der Waals surface area (Å²) in [4.78, 5) is 0. The summed E-state index contributed by atoms with van der Waals surface area (Å²) in [5, 5.41) is 8.56. The third-order valence-electron chi connectivity index (χ3n) is 2.57. The number of halogens is 3. The van der Waals surface area contributed by atoms with Crippen molar-refractivity contribution >= 4 is 11.8 Å². The number of alkyl halides is 3. The van der Waals surface area contributed by atoms with Crippen LogP contribution in [0, 0.1) is 0 Å². The predicted molar refractivity (Wildman–Crippen MR) is 67.2 cm³/mol. The number of thioether (sulfide) groups is 1. The highest BCUT2D eigenvalue weighted by Gasteiger charge is 2.27. The second-order valence-electron chi connectivity index (χ2n) is 4.20. The Hall–Kier alpha value is 0.100.